The summed E-state index contributed by atoms with van der Waals surface area (Å²) in [4.78, 5) is 11.8. The van der Waals surface area contributed by atoms with Gasteiger partial charge in [0.15, 0.2) is 5.69 Å². The Bertz CT molecular complexity index is 381. The number of halogens is 1. The summed E-state index contributed by atoms with van der Waals surface area (Å²) in [5.41, 5.74) is 0.357. The van der Waals surface area contributed by atoms with Crippen LogP contribution in [0.5, 0.6) is 0 Å². The predicted molar refractivity (Wildman–Crippen MR) is 66.4 cm³/mol. The van der Waals surface area contributed by atoms with Crippen molar-refractivity contribution in [3.8, 4) is 0 Å². The quantitative estimate of drug-likeness (QED) is 0.836. The average molecular weight is 260 g/mol. The van der Waals surface area contributed by atoms with E-state index in [-0.39, 0.29) is 24.4 Å². The maximum atomic E-state index is 11.8. The summed E-state index contributed by atoms with van der Waals surface area (Å²) < 4.78 is 4.88. The highest BCUT2D eigenvalue weighted by Crippen LogP contribution is 2.12. The SMILES string of the molecule is Cc1cc(C(=O)NC2CNCCC2C)no1.Cl. The smallest absolute Gasteiger partial charge is 0.273 e. The van der Waals surface area contributed by atoms with Gasteiger partial charge in [0.05, 0.1) is 0 Å². The van der Waals surface area contributed by atoms with Gasteiger partial charge in [-0.25, -0.2) is 0 Å². The molecule has 1 amide bonds. The molecule has 0 bridgehead atoms. The van der Waals surface area contributed by atoms with Gasteiger partial charge in [0.25, 0.3) is 5.91 Å². The summed E-state index contributed by atoms with van der Waals surface area (Å²) in [5.74, 6) is 0.996. The molecule has 2 atom stereocenters. The molecule has 2 N–H and O–H groups in total. The Morgan fingerprint density at radius 1 is 1.65 bits per heavy atom. The molecule has 0 radical (unpaired) electrons. The molecule has 2 unspecified atom stereocenters. The van der Waals surface area contributed by atoms with Crippen LogP contribution in [0.15, 0.2) is 10.6 Å². The van der Waals surface area contributed by atoms with Crippen LogP contribution >= 0.6 is 12.4 Å². The number of aromatic nitrogens is 1. The number of rotatable bonds is 2. The normalized spacial score (nSPS) is 23.9. The summed E-state index contributed by atoms with van der Waals surface area (Å²) in [6.45, 7) is 5.77. The minimum atomic E-state index is -0.155. The third-order valence-electron chi connectivity index (χ3n) is 3.00. The Kier molecular flexibility index (Phi) is 4.96. The lowest BCUT2D eigenvalue weighted by atomic mass is 9.95. The standard InChI is InChI=1S/C11H17N3O2.ClH/c1-7-3-4-12-6-10(7)13-11(15)9-5-8(2)16-14-9;/h5,7,10,12H,3-4,6H2,1-2H3,(H,13,15);1H. The second-order valence-electron chi connectivity index (χ2n) is 4.37. The van der Waals surface area contributed by atoms with E-state index in [2.05, 4.69) is 22.7 Å². The summed E-state index contributed by atoms with van der Waals surface area (Å²) in [6, 6.07) is 1.83. The van der Waals surface area contributed by atoms with E-state index in [0.29, 0.717) is 17.4 Å². The van der Waals surface area contributed by atoms with Gasteiger partial charge >= 0.3 is 0 Å². The van der Waals surface area contributed by atoms with Crippen LogP contribution in [0.1, 0.15) is 29.6 Å². The van der Waals surface area contributed by atoms with Gasteiger partial charge in [-0.3, -0.25) is 4.79 Å². The highest BCUT2D eigenvalue weighted by molar-refractivity contribution is 5.92. The number of aryl methyl sites for hydroxylation is 1. The van der Waals surface area contributed by atoms with Crippen LogP contribution in [0, 0.1) is 12.8 Å². The van der Waals surface area contributed by atoms with E-state index >= 15 is 0 Å². The predicted octanol–water partition coefficient (Wildman–Crippen LogP) is 1.13. The fraction of sp³-hybridized carbons (Fsp3) is 0.636. The lowest BCUT2D eigenvalue weighted by Gasteiger charge is -2.29. The van der Waals surface area contributed by atoms with Crippen LogP contribution < -0.4 is 10.6 Å². The first-order valence-electron chi connectivity index (χ1n) is 5.61. The molecule has 0 aromatic carbocycles. The molecule has 1 aliphatic rings. The second kappa shape index (κ2) is 6.02. The fourth-order valence-electron chi connectivity index (χ4n) is 1.90. The van der Waals surface area contributed by atoms with Crippen molar-refractivity contribution < 1.29 is 9.32 Å². The van der Waals surface area contributed by atoms with Crippen molar-refractivity contribution in [3.05, 3.63) is 17.5 Å². The molecule has 1 aromatic rings. The van der Waals surface area contributed by atoms with Crippen molar-refractivity contribution in [3.63, 3.8) is 0 Å². The van der Waals surface area contributed by atoms with E-state index in [0.717, 1.165) is 19.5 Å². The number of amides is 1. The molecule has 1 fully saturated rings. The molecule has 2 heterocycles. The minimum absolute atomic E-state index is 0. The topological polar surface area (TPSA) is 67.2 Å². The Labute approximate surface area is 107 Å². The molecule has 17 heavy (non-hydrogen) atoms. The van der Waals surface area contributed by atoms with Gasteiger partial charge in [-0.15, -0.1) is 12.4 Å². The number of carbonyl (C=O) groups excluding carboxylic acids is 1. The van der Waals surface area contributed by atoms with Gasteiger partial charge in [0.2, 0.25) is 0 Å². The van der Waals surface area contributed by atoms with Crippen LogP contribution in [0.2, 0.25) is 0 Å². The van der Waals surface area contributed by atoms with Gasteiger partial charge in [-0.1, -0.05) is 12.1 Å². The maximum Gasteiger partial charge on any atom is 0.273 e. The van der Waals surface area contributed by atoms with Gasteiger partial charge in [-0.05, 0) is 25.8 Å². The van der Waals surface area contributed by atoms with Crippen molar-refractivity contribution in [2.75, 3.05) is 13.1 Å². The average Bonchev–Trinajstić information content (AvgIpc) is 2.68. The van der Waals surface area contributed by atoms with Crippen LogP contribution in [0.25, 0.3) is 0 Å². The molecule has 1 saturated heterocycles. The Morgan fingerprint density at radius 2 is 2.41 bits per heavy atom. The number of hydrogen-bond donors (Lipinski definition) is 2. The van der Waals surface area contributed by atoms with Crippen LogP contribution in [0.4, 0.5) is 0 Å². The first kappa shape index (κ1) is 14.0. The molecule has 1 aliphatic heterocycles. The molecule has 1 aromatic heterocycles. The molecular formula is C11H18ClN3O2. The minimum Gasteiger partial charge on any atom is -0.361 e. The third kappa shape index (κ3) is 3.44. The van der Waals surface area contributed by atoms with Crippen LogP contribution in [-0.2, 0) is 0 Å². The highest BCUT2D eigenvalue weighted by Gasteiger charge is 2.23. The molecule has 0 saturated carbocycles. The van der Waals surface area contributed by atoms with E-state index < -0.39 is 0 Å². The molecule has 0 spiro atoms. The number of nitrogens with one attached hydrogen (secondary N) is 2. The number of carbonyl (C=O) groups is 1. The summed E-state index contributed by atoms with van der Waals surface area (Å²) >= 11 is 0. The largest absolute Gasteiger partial charge is 0.361 e. The van der Waals surface area contributed by atoms with Crippen LogP contribution in [0.3, 0.4) is 0 Å². The summed E-state index contributed by atoms with van der Waals surface area (Å²) in [5, 5.41) is 9.94. The Hall–Kier alpha value is -1.07. The van der Waals surface area contributed by atoms with Crippen molar-refractivity contribution in [2.45, 2.75) is 26.3 Å². The first-order chi connectivity index (χ1) is 7.66. The van der Waals surface area contributed by atoms with Gasteiger partial charge in [-0.2, -0.15) is 0 Å². The summed E-state index contributed by atoms with van der Waals surface area (Å²) in [6.07, 6.45) is 1.09. The van der Waals surface area contributed by atoms with Gasteiger partial charge in [0, 0.05) is 18.7 Å². The molecule has 0 aliphatic carbocycles. The monoisotopic (exact) mass is 259 g/mol. The maximum absolute atomic E-state index is 11.8. The molecule has 6 heteroatoms. The summed E-state index contributed by atoms with van der Waals surface area (Å²) in [7, 11) is 0. The number of piperidine rings is 1. The van der Waals surface area contributed by atoms with Gasteiger partial charge < -0.3 is 15.2 Å². The molecular weight excluding hydrogens is 242 g/mol. The van der Waals surface area contributed by atoms with E-state index in [1.165, 1.54) is 0 Å². The van der Waals surface area contributed by atoms with E-state index in [4.69, 9.17) is 4.52 Å². The van der Waals surface area contributed by atoms with E-state index in [1.54, 1.807) is 13.0 Å². The van der Waals surface area contributed by atoms with Crippen LogP contribution in [-0.4, -0.2) is 30.2 Å². The lowest BCUT2D eigenvalue weighted by molar-refractivity contribution is 0.0906. The zero-order valence-corrected chi connectivity index (χ0v) is 10.8. The lowest BCUT2D eigenvalue weighted by Crippen LogP contribution is -2.50. The third-order valence-corrected chi connectivity index (χ3v) is 3.00. The van der Waals surface area contributed by atoms with E-state index in [9.17, 15) is 4.79 Å². The second-order valence-corrected chi connectivity index (χ2v) is 4.37. The Balaban J connectivity index is 0.00000144. The van der Waals surface area contributed by atoms with Crippen molar-refractivity contribution >= 4 is 18.3 Å². The van der Waals surface area contributed by atoms with Gasteiger partial charge in [0.1, 0.15) is 5.76 Å². The fourth-order valence-corrected chi connectivity index (χ4v) is 1.90. The molecule has 5 nitrogen and oxygen atoms in total. The zero-order valence-electron chi connectivity index (χ0n) is 10.0. The van der Waals surface area contributed by atoms with Crippen molar-refractivity contribution in [1.82, 2.24) is 15.8 Å². The number of hydrogen-bond acceptors (Lipinski definition) is 4. The highest BCUT2D eigenvalue weighted by atomic mass is 35.5. The Morgan fingerprint density at radius 3 is 3.00 bits per heavy atom. The number of nitrogens with zero attached hydrogens (tertiary/aromatic N) is 1. The van der Waals surface area contributed by atoms with Crippen molar-refractivity contribution in [2.24, 2.45) is 5.92 Å². The first-order valence-corrected chi connectivity index (χ1v) is 5.61. The van der Waals surface area contributed by atoms with Crippen molar-refractivity contribution in [1.29, 1.82) is 0 Å². The molecule has 96 valence electrons. The van der Waals surface area contributed by atoms with E-state index in [1.807, 2.05) is 0 Å². The molecule has 2 rings (SSSR count). The zero-order chi connectivity index (χ0) is 11.5.